The minimum Gasteiger partial charge on any atom is -0.454 e. The number of benzene rings is 2. The molecule has 9 heteroatoms. The molecule has 2 aromatic carbocycles. The van der Waals surface area contributed by atoms with E-state index < -0.39 is 56.9 Å². The summed E-state index contributed by atoms with van der Waals surface area (Å²) in [7, 11) is 0. The highest BCUT2D eigenvalue weighted by Gasteiger charge is 2.26. The maximum Gasteiger partial charge on any atom is 0.341 e. The van der Waals surface area contributed by atoms with Gasteiger partial charge in [-0.05, 0) is 25.1 Å². The molecule has 126 valence electrons. The standard InChI is InChI=1S/C15H11F3N2O4/c1-7(13-10(17)3-2-4-11(13)18)24-15(21)9-5-8(16)6-12(14(9)19)20(22)23/h2-7H,19H2,1H3. The first-order valence-corrected chi connectivity index (χ1v) is 6.60. The number of nitrogens with zero attached hydrogens (tertiary/aromatic N) is 1. The third kappa shape index (κ3) is 3.29. The maximum absolute atomic E-state index is 13.7. The number of hydrogen-bond donors (Lipinski definition) is 1. The van der Waals surface area contributed by atoms with Crippen LogP contribution in [0.1, 0.15) is 28.9 Å². The first-order valence-electron chi connectivity index (χ1n) is 6.60. The number of nitrogen functional groups attached to an aromatic ring is 1. The molecule has 0 amide bonds. The minimum absolute atomic E-state index is 0.504. The molecule has 2 aromatic rings. The summed E-state index contributed by atoms with van der Waals surface area (Å²) in [6.07, 6.45) is -1.36. The molecule has 0 aliphatic carbocycles. The van der Waals surface area contributed by atoms with Crippen molar-refractivity contribution < 1.29 is 27.6 Å². The van der Waals surface area contributed by atoms with Crippen molar-refractivity contribution in [2.24, 2.45) is 0 Å². The van der Waals surface area contributed by atoms with Crippen molar-refractivity contribution in [1.82, 2.24) is 0 Å². The predicted molar refractivity (Wildman–Crippen MR) is 77.7 cm³/mol. The van der Waals surface area contributed by atoms with Crippen molar-refractivity contribution in [2.75, 3.05) is 5.73 Å². The van der Waals surface area contributed by atoms with Gasteiger partial charge in [-0.2, -0.15) is 0 Å². The average Bonchev–Trinajstić information content (AvgIpc) is 2.48. The Morgan fingerprint density at radius 3 is 2.38 bits per heavy atom. The molecule has 0 aliphatic heterocycles. The number of rotatable bonds is 4. The second kappa shape index (κ2) is 6.57. The van der Waals surface area contributed by atoms with E-state index in [4.69, 9.17) is 10.5 Å². The quantitative estimate of drug-likeness (QED) is 0.398. The van der Waals surface area contributed by atoms with Crippen LogP contribution in [0.25, 0.3) is 0 Å². The molecule has 0 aliphatic rings. The van der Waals surface area contributed by atoms with Crippen LogP contribution in [0.15, 0.2) is 30.3 Å². The second-order valence-electron chi connectivity index (χ2n) is 4.83. The van der Waals surface area contributed by atoms with Crippen LogP contribution in [0.5, 0.6) is 0 Å². The molecule has 1 unspecified atom stereocenters. The van der Waals surface area contributed by atoms with E-state index in [0.29, 0.717) is 12.1 Å². The number of esters is 1. The van der Waals surface area contributed by atoms with Crippen LogP contribution in [0.3, 0.4) is 0 Å². The van der Waals surface area contributed by atoms with Gasteiger partial charge in [0.05, 0.1) is 22.1 Å². The lowest BCUT2D eigenvalue weighted by Gasteiger charge is -2.15. The highest BCUT2D eigenvalue weighted by atomic mass is 19.1. The Morgan fingerprint density at radius 2 is 1.83 bits per heavy atom. The van der Waals surface area contributed by atoms with Crippen LogP contribution in [-0.2, 0) is 4.74 Å². The molecule has 0 saturated carbocycles. The van der Waals surface area contributed by atoms with Crippen LogP contribution in [0.4, 0.5) is 24.5 Å². The van der Waals surface area contributed by atoms with Gasteiger partial charge in [0.25, 0.3) is 5.69 Å². The van der Waals surface area contributed by atoms with Gasteiger partial charge in [0, 0.05) is 0 Å². The molecule has 1 atom stereocenters. The van der Waals surface area contributed by atoms with Crippen molar-refractivity contribution in [3.8, 4) is 0 Å². The van der Waals surface area contributed by atoms with Crippen molar-refractivity contribution in [3.63, 3.8) is 0 Å². The van der Waals surface area contributed by atoms with E-state index >= 15 is 0 Å². The molecule has 0 fully saturated rings. The summed E-state index contributed by atoms with van der Waals surface area (Å²) in [5.74, 6) is -4.19. The number of carbonyl (C=O) groups is 1. The summed E-state index contributed by atoms with van der Waals surface area (Å²) in [6.45, 7) is 1.20. The van der Waals surface area contributed by atoms with E-state index in [1.54, 1.807) is 0 Å². The Hall–Kier alpha value is -3.10. The fourth-order valence-corrected chi connectivity index (χ4v) is 2.11. The Labute approximate surface area is 133 Å². The first-order chi connectivity index (χ1) is 11.2. The summed E-state index contributed by atoms with van der Waals surface area (Å²) in [4.78, 5) is 21.9. The summed E-state index contributed by atoms with van der Waals surface area (Å²) in [5.41, 5.74) is 2.94. The Bertz CT molecular complexity index is 806. The van der Waals surface area contributed by atoms with Gasteiger partial charge in [-0.25, -0.2) is 18.0 Å². The molecule has 0 aromatic heterocycles. The van der Waals surface area contributed by atoms with Gasteiger partial charge in [-0.15, -0.1) is 0 Å². The van der Waals surface area contributed by atoms with Crippen LogP contribution >= 0.6 is 0 Å². The number of nitro benzene ring substituents is 1. The molecular formula is C15H11F3N2O4. The molecule has 0 saturated heterocycles. The zero-order chi connectivity index (χ0) is 18.0. The fraction of sp³-hybridized carbons (Fsp3) is 0.133. The topological polar surface area (TPSA) is 95.5 Å². The lowest BCUT2D eigenvalue weighted by molar-refractivity contribution is -0.384. The molecule has 2 N–H and O–H groups in total. The van der Waals surface area contributed by atoms with Crippen molar-refractivity contribution in [2.45, 2.75) is 13.0 Å². The maximum atomic E-state index is 13.7. The van der Waals surface area contributed by atoms with Crippen molar-refractivity contribution in [3.05, 3.63) is 69.0 Å². The smallest absolute Gasteiger partial charge is 0.341 e. The molecule has 24 heavy (non-hydrogen) atoms. The molecule has 2 rings (SSSR count). The molecule has 0 heterocycles. The van der Waals surface area contributed by atoms with E-state index in [1.165, 1.54) is 6.92 Å². The molecule has 0 spiro atoms. The van der Waals surface area contributed by atoms with Gasteiger partial charge < -0.3 is 10.5 Å². The van der Waals surface area contributed by atoms with Gasteiger partial charge in [-0.1, -0.05) is 6.07 Å². The van der Waals surface area contributed by atoms with Crippen molar-refractivity contribution >= 4 is 17.3 Å². The van der Waals surface area contributed by atoms with Crippen molar-refractivity contribution in [1.29, 1.82) is 0 Å². The predicted octanol–water partition coefficient (Wildman–Crippen LogP) is 3.51. The molecular weight excluding hydrogens is 329 g/mol. The van der Waals surface area contributed by atoms with Crippen LogP contribution < -0.4 is 5.73 Å². The Kier molecular flexibility index (Phi) is 4.72. The third-order valence-electron chi connectivity index (χ3n) is 3.23. The van der Waals surface area contributed by atoms with Gasteiger partial charge >= 0.3 is 5.97 Å². The monoisotopic (exact) mass is 340 g/mol. The van der Waals surface area contributed by atoms with E-state index in [9.17, 15) is 28.1 Å². The van der Waals surface area contributed by atoms with E-state index in [2.05, 4.69) is 0 Å². The number of halogens is 3. The van der Waals surface area contributed by atoms with E-state index in [1.807, 2.05) is 0 Å². The summed E-state index contributed by atoms with van der Waals surface area (Å²) >= 11 is 0. The van der Waals surface area contributed by atoms with Gasteiger partial charge in [0.15, 0.2) is 0 Å². The second-order valence-corrected chi connectivity index (χ2v) is 4.83. The minimum atomic E-state index is -1.36. The summed E-state index contributed by atoms with van der Waals surface area (Å²) < 4.78 is 45.6. The van der Waals surface area contributed by atoms with E-state index in [-0.39, 0.29) is 0 Å². The Morgan fingerprint density at radius 1 is 1.25 bits per heavy atom. The SMILES string of the molecule is CC(OC(=O)c1cc(F)cc([N+](=O)[O-])c1N)c1c(F)cccc1F. The number of carbonyl (C=O) groups excluding carboxylic acids is 1. The number of nitrogens with two attached hydrogens (primary N) is 1. The Balaban J connectivity index is 2.35. The van der Waals surface area contributed by atoms with Crippen LogP contribution in [0.2, 0.25) is 0 Å². The first kappa shape index (κ1) is 17.3. The molecule has 6 nitrogen and oxygen atoms in total. The third-order valence-corrected chi connectivity index (χ3v) is 3.23. The normalized spacial score (nSPS) is 11.8. The zero-order valence-electron chi connectivity index (χ0n) is 12.3. The van der Waals surface area contributed by atoms with Gasteiger partial charge in [0.2, 0.25) is 0 Å². The molecule has 0 bridgehead atoms. The number of ether oxygens (including phenoxy) is 1. The van der Waals surface area contributed by atoms with Gasteiger partial charge in [0.1, 0.15) is 29.2 Å². The average molecular weight is 340 g/mol. The highest BCUT2D eigenvalue weighted by molar-refractivity contribution is 5.97. The van der Waals surface area contributed by atoms with Crippen LogP contribution in [-0.4, -0.2) is 10.9 Å². The van der Waals surface area contributed by atoms with Gasteiger partial charge in [-0.3, -0.25) is 10.1 Å². The number of anilines is 1. The summed E-state index contributed by atoms with van der Waals surface area (Å²) in [6, 6.07) is 4.28. The lowest BCUT2D eigenvalue weighted by Crippen LogP contribution is -2.14. The molecule has 0 radical (unpaired) electrons. The van der Waals surface area contributed by atoms with E-state index in [0.717, 1.165) is 18.2 Å². The zero-order valence-corrected chi connectivity index (χ0v) is 12.3. The number of hydrogen-bond acceptors (Lipinski definition) is 5. The van der Waals surface area contributed by atoms with Crippen LogP contribution in [0, 0.1) is 27.6 Å². The highest BCUT2D eigenvalue weighted by Crippen LogP contribution is 2.30. The number of nitro groups is 1. The lowest BCUT2D eigenvalue weighted by atomic mass is 10.1. The largest absolute Gasteiger partial charge is 0.454 e. The summed E-state index contributed by atoms with van der Waals surface area (Å²) in [5, 5.41) is 10.8. The fourth-order valence-electron chi connectivity index (χ4n) is 2.11.